The van der Waals surface area contributed by atoms with E-state index in [9.17, 15) is 112 Å². The van der Waals surface area contributed by atoms with Crippen LogP contribution < -0.4 is 115 Å². The van der Waals surface area contributed by atoms with Crippen LogP contribution in [0.5, 0.6) is 5.75 Å². The molecule has 35 N–H and O–H groups in total. The van der Waals surface area contributed by atoms with E-state index in [0.29, 0.717) is 12.8 Å². The molecule has 1 aromatic carbocycles. The number of hydrogen-bond donors (Lipinski definition) is 27. The molecule has 0 spiro atoms. The summed E-state index contributed by atoms with van der Waals surface area (Å²) in [6, 6.07) is -19.4. The number of aliphatic carboxylic acids is 2. The molecule has 2 fully saturated rings. The van der Waals surface area contributed by atoms with Crippen molar-refractivity contribution in [3.8, 4) is 5.75 Å². The number of aromatic nitrogens is 2. The van der Waals surface area contributed by atoms with Crippen molar-refractivity contribution >= 4 is 124 Å². The van der Waals surface area contributed by atoms with E-state index in [1.165, 1.54) is 64.5 Å². The first-order chi connectivity index (χ1) is 64.2. The Balaban J connectivity index is 1.61. The lowest BCUT2D eigenvalue weighted by molar-refractivity contribution is -0.145. The monoisotopic (exact) mass is 1920 g/mol. The van der Waals surface area contributed by atoms with Gasteiger partial charge in [-0.1, -0.05) is 66.5 Å². The Kier molecular flexibility index (Phi) is 49.0. The fourth-order valence-electron chi connectivity index (χ4n) is 14.7. The third kappa shape index (κ3) is 38.5. The second-order valence-corrected chi connectivity index (χ2v) is 34.2. The molecule has 51 heteroatoms. The number of carboxylic acid groups (broad SMARTS) is 2. The minimum atomic E-state index is -1.95. The lowest BCUT2D eigenvalue weighted by Crippen LogP contribution is -2.62. The molecule has 0 radical (unpaired) electrons. The number of aromatic hydroxyl groups is 1. The highest BCUT2D eigenvalue weighted by Crippen LogP contribution is 2.24. The molecule has 2 aliphatic heterocycles. The number of phenolic OH excluding ortho intramolecular Hbond substituents is 1. The molecule has 2 aromatic rings. The maximum absolute atomic E-state index is 14.8. The molecule has 2 saturated heterocycles. The van der Waals surface area contributed by atoms with Gasteiger partial charge in [0.15, 0.2) is 11.9 Å². The minimum absolute atomic E-state index is 0.00282. The number of primary amides is 2. The highest BCUT2D eigenvalue weighted by molar-refractivity contribution is 6.02. The first-order valence-electron chi connectivity index (χ1n) is 45.4. The summed E-state index contributed by atoms with van der Waals surface area (Å²) in [5, 5.41) is 83.8. The van der Waals surface area contributed by atoms with E-state index in [1.807, 2.05) is 0 Å². The Morgan fingerprint density at radius 2 is 0.882 bits per heavy atom. The number of nitrogens with zero attached hydrogens (tertiary/aromatic N) is 5. The number of amides is 17. The SMILES string of the molecule is CC[C@H](C)[C@H](N)C(=O)N[C@@H](CCC(N)=O)C(=O)N[C@@H](CCCN=C(N)N)C(=O)N[C@H](C(=O)N1CCC[C@H]1C(=O)N[C@@H](CCCCN)C(=O)N[C@H](C(=O)N[C@@H](CCC(N)=O)C(=O)N[C@H](C(=O)N[C@@H](Cc1ccc(O)cc1)C(=O)N[C@@H](CO)C(=O)N[C@@H](CCCN=C(N)N)C(=O)N[C@@H](Cc1c[nH]cn1)C(=O)N1CCC[C@H]1C(=O)N[C@@H](C)C(=O)N[C@@H](CCC(=O)O)C(=O)O)C(C)C)[C@@H](C)CC)[C@@H](C)O. The fraction of sp³-hybridized carbons (Fsp3) is 0.647. The van der Waals surface area contributed by atoms with Gasteiger partial charge in [-0.3, -0.25) is 96.3 Å². The van der Waals surface area contributed by atoms with E-state index >= 15 is 0 Å². The van der Waals surface area contributed by atoms with Gasteiger partial charge in [-0.25, -0.2) is 9.78 Å². The maximum Gasteiger partial charge on any atom is 0.326 e. The molecule has 758 valence electrons. The molecule has 2 aliphatic rings. The number of aliphatic hydroxyl groups excluding tert-OH is 2. The third-order valence-electron chi connectivity index (χ3n) is 23.1. The molecule has 4 rings (SSSR count). The van der Waals surface area contributed by atoms with E-state index in [0.717, 1.165) is 9.80 Å². The number of benzene rings is 1. The van der Waals surface area contributed by atoms with Gasteiger partial charge in [0.05, 0.1) is 30.8 Å². The molecule has 0 saturated carbocycles. The van der Waals surface area contributed by atoms with Crippen LogP contribution in [0.4, 0.5) is 0 Å². The number of carbonyl (C=O) groups excluding carboxylic acids is 17. The Morgan fingerprint density at radius 1 is 0.463 bits per heavy atom. The van der Waals surface area contributed by atoms with Crippen LogP contribution in [0.2, 0.25) is 0 Å². The van der Waals surface area contributed by atoms with Crippen molar-refractivity contribution in [2.75, 3.05) is 39.3 Å². The molecule has 0 bridgehead atoms. The number of carboxylic acids is 2. The zero-order chi connectivity index (χ0) is 102. The van der Waals surface area contributed by atoms with E-state index < -0.39 is 266 Å². The molecule has 1 aromatic heterocycles. The number of rotatable bonds is 61. The Bertz CT molecular complexity index is 4460. The Labute approximate surface area is 786 Å². The molecule has 51 nitrogen and oxygen atoms in total. The van der Waals surface area contributed by atoms with Crippen LogP contribution >= 0.6 is 0 Å². The summed E-state index contributed by atoms with van der Waals surface area (Å²) >= 11 is 0. The highest BCUT2D eigenvalue weighted by Gasteiger charge is 2.45. The summed E-state index contributed by atoms with van der Waals surface area (Å²) in [6.45, 7) is 10.8. The van der Waals surface area contributed by atoms with E-state index in [4.69, 9.17) is 51.0 Å². The number of aliphatic hydroxyl groups is 2. The zero-order valence-corrected chi connectivity index (χ0v) is 78.0. The van der Waals surface area contributed by atoms with Crippen LogP contribution in [0, 0.1) is 17.8 Å². The lowest BCUT2D eigenvalue weighted by Gasteiger charge is -2.32. The number of guanidine groups is 2. The highest BCUT2D eigenvalue weighted by atomic mass is 16.4. The van der Waals surface area contributed by atoms with Gasteiger partial charge in [0.25, 0.3) is 0 Å². The fourth-order valence-corrected chi connectivity index (χ4v) is 14.7. The largest absolute Gasteiger partial charge is 0.508 e. The van der Waals surface area contributed by atoms with Crippen LogP contribution in [-0.4, -0.2) is 312 Å². The van der Waals surface area contributed by atoms with Gasteiger partial charge >= 0.3 is 11.9 Å². The topological polar surface area (TPSA) is 850 Å². The van der Waals surface area contributed by atoms with Crippen LogP contribution in [-0.2, 0) is 104 Å². The van der Waals surface area contributed by atoms with Crippen molar-refractivity contribution in [3.63, 3.8) is 0 Å². The standard InChI is InChI=1S/C85H139N27O24/c1-9-43(5)64(89)78(130)102-53(26-29-61(87)116)70(122)99-52(19-14-34-96-85(92)93)72(124)110-67(46(8)114)82(134)112-36-16-21-60(112)77(129)101-50(17-11-12-32-86)71(123)109-66(44(6)10-2)80(132)103-54(27-30-62(88)117)73(125)108-65(42(3)4)79(131)105-56(37-47-22-24-49(115)25-23-47)74(126)107-58(40-113)75(127)100-51(18-13-33-95-84(90)91)69(121)106-57(38-48-39-94-41-97-48)81(133)111-35-15-20-59(111)76(128)98-45(7)68(120)104-55(83(135)136)28-31-63(118)119/h22-25,39,41-46,50-60,64-67,113-115H,9-21,26-38,40,86,89H2,1-8H3,(H2,87,116)(H2,88,117)(H,94,97)(H,98,128)(H,99,122)(H,100,127)(H,101,129)(H,102,130)(H,103,132)(H,104,120)(H,105,131)(H,106,121)(H,107,126)(H,108,125)(H,109,123)(H,110,124)(H,118,119)(H,135,136)(H4,90,91,95)(H4,92,93,96)/t43-,44-,45-,46+,50-,51-,52-,53-,54-,55-,56-,57-,58-,59-,60-,64-,65-,66-,67-/m0/s1. The second kappa shape index (κ2) is 58.0. The number of nitrogens with one attached hydrogen (secondary N) is 14. The van der Waals surface area contributed by atoms with Crippen molar-refractivity contribution in [1.29, 1.82) is 0 Å². The number of unbranched alkanes of at least 4 members (excludes halogenated alkanes) is 1. The van der Waals surface area contributed by atoms with Gasteiger partial charge < -0.3 is 155 Å². The number of H-pyrrole nitrogens is 1. The quantitative estimate of drug-likeness (QED) is 0.0166. The molecule has 17 amide bonds. The van der Waals surface area contributed by atoms with Gasteiger partial charge in [-0.2, -0.15) is 0 Å². The number of likely N-dealkylation sites (tertiary alicyclic amines) is 2. The molecule has 0 aliphatic carbocycles. The van der Waals surface area contributed by atoms with Crippen LogP contribution in [0.25, 0.3) is 0 Å². The molecule has 3 heterocycles. The molecule has 136 heavy (non-hydrogen) atoms. The van der Waals surface area contributed by atoms with Crippen molar-refractivity contribution in [2.45, 2.75) is 293 Å². The molecule has 0 unspecified atom stereocenters. The van der Waals surface area contributed by atoms with Gasteiger partial charge in [-0.05, 0) is 146 Å². The van der Waals surface area contributed by atoms with Crippen molar-refractivity contribution in [1.82, 2.24) is 88.9 Å². The lowest BCUT2D eigenvalue weighted by atomic mass is 9.96. The zero-order valence-electron chi connectivity index (χ0n) is 78.0. The minimum Gasteiger partial charge on any atom is -0.508 e. The summed E-state index contributed by atoms with van der Waals surface area (Å²) < 4.78 is 0. The predicted octanol–water partition coefficient (Wildman–Crippen LogP) is -8.63. The van der Waals surface area contributed by atoms with Crippen LogP contribution in [0.3, 0.4) is 0 Å². The third-order valence-corrected chi connectivity index (χ3v) is 23.1. The predicted molar refractivity (Wildman–Crippen MR) is 489 cm³/mol. The first kappa shape index (κ1) is 115. The Hall–Kier alpha value is -13.5. The number of imidazole rings is 1. The Morgan fingerprint density at radius 3 is 1.35 bits per heavy atom. The number of aliphatic imine (C=N–C) groups is 2. The van der Waals surface area contributed by atoms with Gasteiger partial charge in [-0.15, -0.1) is 0 Å². The van der Waals surface area contributed by atoms with Crippen molar-refractivity contribution < 1.29 is 117 Å². The van der Waals surface area contributed by atoms with E-state index in [-0.39, 0.29) is 157 Å². The summed E-state index contributed by atoms with van der Waals surface area (Å²) in [6.07, 6.45) is -1.34. The first-order valence-corrected chi connectivity index (χ1v) is 45.4. The second-order valence-electron chi connectivity index (χ2n) is 34.2. The summed E-state index contributed by atoms with van der Waals surface area (Å²) in [4.78, 5) is 281. The van der Waals surface area contributed by atoms with Crippen molar-refractivity contribution in [2.24, 2.45) is 73.6 Å². The average molecular weight is 1920 g/mol. The van der Waals surface area contributed by atoms with Crippen molar-refractivity contribution in [3.05, 3.63) is 48.0 Å². The van der Waals surface area contributed by atoms with Gasteiger partial charge in [0.1, 0.15) is 96.4 Å². The summed E-state index contributed by atoms with van der Waals surface area (Å²) in [5.74, 6) is -22.1. The number of carbonyl (C=O) groups is 19. The van der Waals surface area contributed by atoms with Crippen LogP contribution in [0.1, 0.15) is 189 Å². The molecular weight excluding hydrogens is 1780 g/mol. The van der Waals surface area contributed by atoms with E-state index in [2.05, 4.69) is 89.1 Å². The van der Waals surface area contributed by atoms with E-state index in [1.54, 1.807) is 27.7 Å². The number of nitrogens with two attached hydrogens (primary N) is 8. The number of phenols is 1. The number of hydrogen-bond acceptors (Lipinski definition) is 27. The molecule has 19 atom stereocenters. The normalized spacial score (nSPS) is 17.2. The summed E-state index contributed by atoms with van der Waals surface area (Å²) in [5.41, 5.74) is 45.8. The van der Waals surface area contributed by atoms with Crippen LogP contribution in [0.15, 0.2) is 46.8 Å². The number of aromatic amines is 1. The van der Waals surface area contributed by atoms with Gasteiger partial charge in [0.2, 0.25) is 100 Å². The summed E-state index contributed by atoms with van der Waals surface area (Å²) in [7, 11) is 0. The smallest absolute Gasteiger partial charge is 0.326 e. The van der Waals surface area contributed by atoms with Gasteiger partial charge in [0, 0.05) is 64.5 Å². The average Bonchev–Trinajstić information content (AvgIpc) is 1.63. The maximum atomic E-state index is 14.8. The molecular formula is C85H139N27O24.